The van der Waals surface area contributed by atoms with Crippen molar-refractivity contribution in [2.75, 3.05) is 9.86 Å². The summed E-state index contributed by atoms with van der Waals surface area (Å²) in [6, 6.07) is 0. The standard InChI is InChI=1S/2C9H8O3.C2H6I/c2*1-3-5-7-6(4-2)8(10)12-9(7)11;1-3-2/h2*3-5H,2H2,1H3;1-2H3/q;;-1/b2*5-3-;. The maximum absolute atomic E-state index is 10.9. The topological polar surface area (TPSA) is 86.7 Å². The monoisotopic (exact) mass is 485 g/mol. The van der Waals surface area contributed by atoms with E-state index in [-0.39, 0.29) is 22.3 Å². The maximum atomic E-state index is 10.9. The first-order valence-electron chi connectivity index (χ1n) is 7.68. The predicted molar refractivity (Wildman–Crippen MR) is 98.1 cm³/mol. The van der Waals surface area contributed by atoms with Gasteiger partial charge in [0.15, 0.2) is 0 Å². The van der Waals surface area contributed by atoms with E-state index in [4.69, 9.17) is 0 Å². The molecule has 0 spiro atoms. The molecule has 6 nitrogen and oxygen atoms in total. The summed E-state index contributed by atoms with van der Waals surface area (Å²) in [6.07, 6.45) is 9.04. The first kappa shape index (κ1) is 24.5. The number of carbonyl (C=O) groups is 4. The fourth-order valence-corrected chi connectivity index (χ4v) is 1.86. The average molecular weight is 485 g/mol. The summed E-state index contributed by atoms with van der Waals surface area (Å²) in [4.78, 5) is 48.1. The van der Waals surface area contributed by atoms with E-state index in [1.54, 1.807) is 26.0 Å². The molecule has 0 aromatic rings. The van der Waals surface area contributed by atoms with Crippen LogP contribution in [0.4, 0.5) is 0 Å². The number of halogens is 1. The second kappa shape index (κ2) is 12.7. The molecule has 146 valence electrons. The SMILES string of the molecule is C=CC1=C(/C=C\C)C(=O)OC1=O.C=CC1=C(/C=C\C)C(=O)OC1=O.C[I-]C. The van der Waals surface area contributed by atoms with E-state index in [1.807, 2.05) is 0 Å². The summed E-state index contributed by atoms with van der Waals surface area (Å²) >= 11 is 0.590. The molecule has 2 aliphatic heterocycles. The van der Waals surface area contributed by atoms with E-state index in [0.29, 0.717) is 21.2 Å². The van der Waals surface area contributed by atoms with Crippen molar-refractivity contribution in [2.24, 2.45) is 0 Å². The van der Waals surface area contributed by atoms with Gasteiger partial charge in [-0.2, -0.15) is 0 Å². The van der Waals surface area contributed by atoms with E-state index < -0.39 is 23.9 Å². The number of carbonyl (C=O) groups excluding carboxylic acids is 4. The zero-order chi connectivity index (χ0) is 21.0. The fraction of sp³-hybridized carbons (Fsp3) is 0.200. The van der Waals surface area contributed by atoms with Gasteiger partial charge in [-0.1, -0.05) is 49.6 Å². The van der Waals surface area contributed by atoms with Crippen LogP contribution in [0.5, 0.6) is 0 Å². The second-order valence-corrected chi connectivity index (χ2v) is 6.95. The Morgan fingerprint density at radius 3 is 1.15 bits per heavy atom. The molecular formula is C20H22IO6-. The molecule has 0 aromatic carbocycles. The minimum atomic E-state index is -0.622. The molecule has 0 aliphatic carbocycles. The number of cyclic esters (lactones) is 4. The van der Waals surface area contributed by atoms with Crippen LogP contribution < -0.4 is 21.2 Å². The third-order valence-corrected chi connectivity index (χ3v) is 2.91. The average Bonchev–Trinajstić information content (AvgIpc) is 3.04. The molecule has 0 radical (unpaired) electrons. The van der Waals surface area contributed by atoms with Crippen LogP contribution in [-0.2, 0) is 28.7 Å². The Hall–Kier alpha value is -2.55. The number of ether oxygens (including phenoxy) is 2. The molecule has 2 aliphatic rings. The quantitative estimate of drug-likeness (QED) is 0.233. The van der Waals surface area contributed by atoms with Gasteiger partial charge in [-0.3, -0.25) is 0 Å². The molecule has 0 bridgehead atoms. The van der Waals surface area contributed by atoms with Crippen LogP contribution in [0.1, 0.15) is 13.8 Å². The van der Waals surface area contributed by atoms with Crippen LogP contribution in [0, 0.1) is 0 Å². The summed E-state index contributed by atoms with van der Waals surface area (Å²) in [7, 11) is 0. The Morgan fingerprint density at radius 1 is 0.667 bits per heavy atom. The van der Waals surface area contributed by atoms with Gasteiger partial charge in [-0.05, 0) is 13.8 Å². The van der Waals surface area contributed by atoms with Crippen molar-refractivity contribution >= 4 is 23.9 Å². The van der Waals surface area contributed by atoms with E-state index in [9.17, 15) is 19.2 Å². The van der Waals surface area contributed by atoms with Gasteiger partial charge >= 0.3 is 54.9 Å². The van der Waals surface area contributed by atoms with Gasteiger partial charge in [0.1, 0.15) is 0 Å². The molecule has 0 amide bonds. The van der Waals surface area contributed by atoms with Gasteiger partial charge in [0.25, 0.3) is 0 Å². The molecule has 0 fully saturated rings. The van der Waals surface area contributed by atoms with Crippen LogP contribution in [0.3, 0.4) is 0 Å². The van der Waals surface area contributed by atoms with Gasteiger partial charge in [0.2, 0.25) is 0 Å². The van der Waals surface area contributed by atoms with Crippen LogP contribution in [0.25, 0.3) is 0 Å². The third-order valence-electron chi connectivity index (χ3n) is 2.91. The van der Waals surface area contributed by atoms with Crippen LogP contribution in [0.15, 0.2) is 71.9 Å². The number of allylic oxidation sites excluding steroid dienone is 2. The molecular weight excluding hydrogens is 463 g/mol. The Balaban J connectivity index is 0.000000438. The Labute approximate surface area is 169 Å². The van der Waals surface area contributed by atoms with E-state index in [1.165, 1.54) is 24.3 Å². The molecule has 0 N–H and O–H groups in total. The minimum absolute atomic E-state index is 0.234. The number of rotatable bonds is 4. The van der Waals surface area contributed by atoms with Crippen LogP contribution >= 0.6 is 0 Å². The molecule has 0 aromatic heterocycles. The summed E-state index contributed by atoms with van der Waals surface area (Å²) < 4.78 is 8.71. The zero-order valence-corrected chi connectivity index (χ0v) is 17.9. The molecule has 0 saturated carbocycles. The van der Waals surface area contributed by atoms with E-state index >= 15 is 0 Å². The molecule has 27 heavy (non-hydrogen) atoms. The van der Waals surface area contributed by atoms with Gasteiger partial charge in [0, 0.05) is 0 Å². The number of alkyl halides is 2. The molecule has 7 heteroatoms. The van der Waals surface area contributed by atoms with Crippen molar-refractivity contribution in [1.29, 1.82) is 0 Å². The predicted octanol–water partition coefficient (Wildman–Crippen LogP) is -0.408. The zero-order valence-electron chi connectivity index (χ0n) is 15.7. The third kappa shape index (κ3) is 6.93. The number of hydrogen-bond donors (Lipinski definition) is 0. The van der Waals surface area contributed by atoms with E-state index in [0.717, 1.165) is 0 Å². The number of hydrogen-bond acceptors (Lipinski definition) is 6. The molecule has 0 saturated heterocycles. The Bertz CT molecular complexity index is 701. The number of esters is 4. The fourth-order valence-electron chi connectivity index (χ4n) is 1.86. The van der Waals surface area contributed by atoms with Crippen molar-refractivity contribution in [3.8, 4) is 0 Å². The van der Waals surface area contributed by atoms with E-state index in [2.05, 4.69) is 32.5 Å². The van der Waals surface area contributed by atoms with Gasteiger partial charge in [-0.25, -0.2) is 19.2 Å². The Kier molecular flexibility index (Phi) is 11.5. The first-order chi connectivity index (χ1) is 12.8. The van der Waals surface area contributed by atoms with Crippen LogP contribution in [-0.4, -0.2) is 33.7 Å². The van der Waals surface area contributed by atoms with Crippen molar-refractivity contribution in [2.45, 2.75) is 13.8 Å². The summed E-state index contributed by atoms with van der Waals surface area (Å²) in [5.74, 6) is -2.45. The molecule has 2 heterocycles. The Morgan fingerprint density at radius 2 is 0.926 bits per heavy atom. The first-order valence-corrected chi connectivity index (χ1v) is 12.0. The summed E-state index contributed by atoms with van der Waals surface area (Å²) in [5.41, 5.74) is 1.02. The van der Waals surface area contributed by atoms with Crippen molar-refractivity contribution in [1.82, 2.24) is 0 Å². The molecule has 0 atom stereocenters. The van der Waals surface area contributed by atoms with Crippen molar-refractivity contribution in [3.63, 3.8) is 0 Å². The van der Waals surface area contributed by atoms with Crippen molar-refractivity contribution < 1.29 is 49.9 Å². The van der Waals surface area contributed by atoms with Gasteiger partial charge < -0.3 is 9.47 Å². The normalized spacial score (nSPS) is 16.3. The molecule has 2 rings (SSSR count). The van der Waals surface area contributed by atoms with Crippen LogP contribution in [0.2, 0.25) is 0 Å². The van der Waals surface area contributed by atoms with Crippen molar-refractivity contribution in [3.05, 3.63) is 71.9 Å². The molecule has 0 unspecified atom stereocenters. The van der Waals surface area contributed by atoms with Gasteiger partial charge in [0.05, 0.1) is 22.3 Å². The second-order valence-electron chi connectivity index (χ2n) is 4.79. The summed E-state index contributed by atoms with van der Waals surface area (Å²) in [6.45, 7) is 10.3. The van der Waals surface area contributed by atoms with Gasteiger partial charge in [-0.15, -0.1) is 0 Å². The summed E-state index contributed by atoms with van der Waals surface area (Å²) in [5, 5.41) is 0.